The Morgan fingerprint density at radius 3 is 1.93 bits per heavy atom. The molecule has 3 atom stereocenters. The second-order valence-corrected chi connectivity index (χ2v) is 3.72. The Kier molecular flexibility index (Phi) is 1.62. The van der Waals surface area contributed by atoms with Gasteiger partial charge in [0.1, 0.15) is 0 Å². The Balaban J connectivity index is 2.50. The van der Waals surface area contributed by atoms with Gasteiger partial charge in [-0.1, -0.05) is 12.2 Å². The third kappa shape index (κ3) is 0.827. The van der Waals surface area contributed by atoms with E-state index in [2.05, 4.69) is 0 Å². The van der Waals surface area contributed by atoms with Gasteiger partial charge in [-0.2, -0.15) is 13.2 Å². The van der Waals surface area contributed by atoms with Crippen molar-refractivity contribution in [2.24, 2.45) is 11.8 Å². The summed E-state index contributed by atoms with van der Waals surface area (Å²) in [7, 11) is 0. The van der Waals surface area contributed by atoms with Crippen LogP contribution in [0.15, 0.2) is 12.2 Å². The van der Waals surface area contributed by atoms with Gasteiger partial charge in [0.05, 0.1) is 0 Å². The molecule has 0 aliphatic heterocycles. The Morgan fingerprint density at radius 2 is 1.64 bits per heavy atom. The largest absolute Gasteiger partial charge is 0.423 e. The summed E-state index contributed by atoms with van der Waals surface area (Å²) in [5, 5.41) is 9.12. The lowest BCUT2D eigenvalue weighted by Gasteiger charge is -2.37. The van der Waals surface area contributed by atoms with Crippen molar-refractivity contribution in [1.82, 2.24) is 0 Å². The second kappa shape index (κ2) is 2.29. The van der Waals surface area contributed by atoms with Crippen molar-refractivity contribution >= 4 is 0 Å². The first-order valence-electron chi connectivity index (χ1n) is 4.06. The van der Waals surface area contributed by atoms with Gasteiger partial charge >= 0.3 is 6.18 Å². The van der Waals surface area contributed by atoms with Gasteiger partial charge < -0.3 is 5.11 Å². The molecule has 0 amide bonds. The predicted molar refractivity (Wildman–Crippen MR) is 36.7 cm³/mol. The van der Waals surface area contributed by atoms with Gasteiger partial charge in [0, 0.05) is 11.8 Å². The molecule has 6 heteroatoms. The molecule has 80 valence electrons. The minimum atomic E-state index is -5.29. The number of hydrogen-bond acceptors (Lipinski definition) is 1. The average Bonchev–Trinajstić information content (AvgIpc) is 2.52. The molecule has 0 aromatic rings. The van der Waals surface area contributed by atoms with E-state index in [9.17, 15) is 22.0 Å². The van der Waals surface area contributed by atoms with Gasteiger partial charge in [0.15, 0.2) is 0 Å². The zero-order valence-corrected chi connectivity index (χ0v) is 6.85. The fourth-order valence-electron chi connectivity index (χ4n) is 2.21. The first-order chi connectivity index (χ1) is 6.21. The van der Waals surface area contributed by atoms with E-state index >= 15 is 0 Å². The first-order valence-corrected chi connectivity index (χ1v) is 4.06. The van der Waals surface area contributed by atoms with Gasteiger partial charge in [0.2, 0.25) is 5.60 Å². The third-order valence-electron chi connectivity index (χ3n) is 3.03. The molecule has 14 heavy (non-hydrogen) atoms. The van der Waals surface area contributed by atoms with Crippen molar-refractivity contribution < 1.29 is 27.1 Å². The zero-order valence-electron chi connectivity index (χ0n) is 6.85. The van der Waals surface area contributed by atoms with E-state index in [-0.39, 0.29) is 6.42 Å². The number of alkyl halides is 5. The van der Waals surface area contributed by atoms with Crippen LogP contribution in [0.5, 0.6) is 0 Å². The number of hydrogen-bond donors (Lipinski definition) is 1. The van der Waals surface area contributed by atoms with Crippen LogP contribution in [0, 0.1) is 11.8 Å². The Hall–Kier alpha value is -0.650. The summed E-state index contributed by atoms with van der Waals surface area (Å²) in [6.07, 6.45) is -3.55. The highest BCUT2D eigenvalue weighted by Crippen LogP contribution is 2.61. The standard InChI is InChI=1S/C8H7F5O/c9-7(10)5-2-1-4(3-5)6(7,14)8(11,12)13/h1-2,4-5,14H,3H2. The average molecular weight is 214 g/mol. The van der Waals surface area contributed by atoms with Crippen LogP contribution in [0.25, 0.3) is 0 Å². The maximum Gasteiger partial charge on any atom is 0.423 e. The van der Waals surface area contributed by atoms with Gasteiger partial charge in [-0.15, -0.1) is 0 Å². The van der Waals surface area contributed by atoms with E-state index in [0.29, 0.717) is 0 Å². The summed E-state index contributed by atoms with van der Waals surface area (Å²) in [6.45, 7) is 0. The number of fused-ring (bicyclic) bond motifs is 2. The molecule has 0 aromatic heterocycles. The van der Waals surface area contributed by atoms with E-state index < -0.39 is 29.5 Å². The third-order valence-corrected chi connectivity index (χ3v) is 3.03. The van der Waals surface area contributed by atoms with Crippen molar-refractivity contribution in [2.45, 2.75) is 24.1 Å². The smallest absolute Gasteiger partial charge is 0.375 e. The summed E-state index contributed by atoms with van der Waals surface area (Å²) in [5.74, 6) is -7.10. The van der Waals surface area contributed by atoms with Crippen LogP contribution in [-0.4, -0.2) is 22.8 Å². The number of rotatable bonds is 0. The highest BCUT2D eigenvalue weighted by Gasteiger charge is 2.79. The minimum absolute atomic E-state index is 0.330. The fraction of sp³-hybridized carbons (Fsp3) is 0.750. The molecular formula is C8H7F5O. The molecule has 0 spiro atoms. The normalized spacial score (nSPS) is 44.7. The number of allylic oxidation sites excluding steroid dienone is 1. The van der Waals surface area contributed by atoms with Crippen molar-refractivity contribution in [3.8, 4) is 0 Å². The minimum Gasteiger partial charge on any atom is -0.375 e. The van der Waals surface area contributed by atoms with E-state index in [0.717, 1.165) is 12.2 Å². The quantitative estimate of drug-likeness (QED) is 0.483. The maximum absolute atomic E-state index is 13.2. The molecule has 2 rings (SSSR count). The van der Waals surface area contributed by atoms with Gasteiger partial charge in [-0.05, 0) is 6.42 Å². The van der Waals surface area contributed by atoms with Crippen LogP contribution in [0.1, 0.15) is 6.42 Å². The molecular weight excluding hydrogens is 207 g/mol. The Morgan fingerprint density at radius 1 is 1.14 bits per heavy atom. The van der Waals surface area contributed by atoms with Crippen molar-refractivity contribution in [2.75, 3.05) is 0 Å². The lowest BCUT2D eigenvalue weighted by Crippen LogP contribution is -2.61. The zero-order chi connectivity index (χ0) is 10.8. The van der Waals surface area contributed by atoms with Crippen molar-refractivity contribution in [1.29, 1.82) is 0 Å². The Labute approximate surface area is 76.2 Å². The molecule has 2 aliphatic carbocycles. The molecule has 3 unspecified atom stereocenters. The molecule has 0 aromatic carbocycles. The fourth-order valence-corrected chi connectivity index (χ4v) is 2.21. The van der Waals surface area contributed by atoms with E-state index in [1.54, 1.807) is 0 Å². The molecule has 2 aliphatic rings. The lowest BCUT2D eigenvalue weighted by atomic mass is 9.84. The van der Waals surface area contributed by atoms with Gasteiger partial charge in [-0.3, -0.25) is 0 Å². The first kappa shape index (κ1) is 9.89. The summed E-state index contributed by atoms with van der Waals surface area (Å²) < 4.78 is 63.3. The summed E-state index contributed by atoms with van der Waals surface area (Å²) >= 11 is 0. The Bertz CT molecular complexity index is 295. The van der Waals surface area contributed by atoms with Crippen LogP contribution < -0.4 is 0 Å². The summed E-state index contributed by atoms with van der Waals surface area (Å²) in [6, 6.07) is 0. The summed E-state index contributed by atoms with van der Waals surface area (Å²) in [5.41, 5.74) is -3.88. The molecule has 1 nitrogen and oxygen atoms in total. The molecule has 1 fully saturated rings. The number of aliphatic hydroxyl groups is 1. The van der Waals surface area contributed by atoms with E-state index in [1.165, 1.54) is 0 Å². The van der Waals surface area contributed by atoms with Crippen LogP contribution in [0.3, 0.4) is 0 Å². The predicted octanol–water partition coefficient (Wildman–Crippen LogP) is 2.12. The maximum atomic E-state index is 13.2. The topological polar surface area (TPSA) is 20.2 Å². The van der Waals surface area contributed by atoms with Gasteiger partial charge in [0.25, 0.3) is 5.92 Å². The van der Waals surface area contributed by atoms with Gasteiger partial charge in [-0.25, -0.2) is 8.78 Å². The van der Waals surface area contributed by atoms with Crippen LogP contribution in [0.4, 0.5) is 22.0 Å². The van der Waals surface area contributed by atoms with Crippen LogP contribution >= 0.6 is 0 Å². The molecule has 0 saturated heterocycles. The highest BCUT2D eigenvalue weighted by molar-refractivity contribution is 5.26. The van der Waals surface area contributed by atoms with Crippen molar-refractivity contribution in [3.63, 3.8) is 0 Å². The lowest BCUT2D eigenvalue weighted by molar-refractivity contribution is -0.335. The highest BCUT2D eigenvalue weighted by atomic mass is 19.4. The SMILES string of the molecule is OC1(C(F)(F)F)C2C=CC(C2)C1(F)F. The molecule has 0 radical (unpaired) electrons. The summed E-state index contributed by atoms with van der Waals surface area (Å²) in [4.78, 5) is 0. The second-order valence-electron chi connectivity index (χ2n) is 3.72. The number of halogens is 5. The van der Waals surface area contributed by atoms with E-state index in [1.807, 2.05) is 0 Å². The molecule has 0 heterocycles. The monoisotopic (exact) mass is 214 g/mol. The van der Waals surface area contributed by atoms with Crippen molar-refractivity contribution in [3.05, 3.63) is 12.2 Å². The van der Waals surface area contributed by atoms with Crippen LogP contribution in [0.2, 0.25) is 0 Å². The molecule has 1 saturated carbocycles. The molecule has 2 bridgehead atoms. The van der Waals surface area contributed by atoms with Crippen LogP contribution in [-0.2, 0) is 0 Å². The van der Waals surface area contributed by atoms with E-state index in [4.69, 9.17) is 5.11 Å². The molecule has 1 N–H and O–H groups in total.